The van der Waals surface area contributed by atoms with Gasteiger partial charge >= 0.3 is 0 Å². The van der Waals surface area contributed by atoms with Gasteiger partial charge in [-0.1, -0.05) is 18.2 Å². The molecule has 0 atom stereocenters. The number of hydrogen-bond acceptors (Lipinski definition) is 3. The van der Waals surface area contributed by atoms with Gasteiger partial charge in [0.2, 0.25) is 5.91 Å². The van der Waals surface area contributed by atoms with E-state index in [1.165, 1.54) is 17.5 Å². The first-order chi connectivity index (χ1) is 12.7. The smallest absolute Gasteiger partial charge is 0.258 e. The number of nitrogens with zero attached hydrogens (tertiary/aromatic N) is 1. The maximum absolute atomic E-state index is 12.2. The second-order valence-corrected chi connectivity index (χ2v) is 6.77. The monoisotopic (exact) mass is 347 g/mol. The van der Waals surface area contributed by atoms with Gasteiger partial charge in [0.25, 0.3) is 5.56 Å². The summed E-state index contributed by atoms with van der Waals surface area (Å²) in [4.78, 5) is 31.5. The van der Waals surface area contributed by atoms with Crippen molar-refractivity contribution in [2.75, 3.05) is 5.32 Å². The highest BCUT2D eigenvalue weighted by Crippen LogP contribution is 2.25. The third kappa shape index (κ3) is 3.52. The Morgan fingerprint density at radius 1 is 1.12 bits per heavy atom. The molecule has 132 valence electrons. The van der Waals surface area contributed by atoms with E-state index in [2.05, 4.69) is 27.4 Å². The van der Waals surface area contributed by atoms with Crippen LogP contribution < -0.4 is 10.9 Å². The van der Waals surface area contributed by atoms with Crippen molar-refractivity contribution in [3.05, 3.63) is 69.8 Å². The first-order valence-corrected chi connectivity index (χ1v) is 9.09. The third-order valence-corrected chi connectivity index (χ3v) is 4.86. The lowest BCUT2D eigenvalue weighted by Crippen LogP contribution is -2.14. The van der Waals surface area contributed by atoms with Crippen molar-refractivity contribution >= 4 is 22.5 Å². The molecule has 5 heteroatoms. The zero-order valence-electron chi connectivity index (χ0n) is 14.5. The number of rotatable bonds is 5. The first-order valence-electron chi connectivity index (χ1n) is 9.09. The van der Waals surface area contributed by atoms with Crippen LogP contribution in [0.5, 0.6) is 0 Å². The molecule has 0 unspecified atom stereocenters. The van der Waals surface area contributed by atoms with Gasteiger partial charge in [0, 0.05) is 18.5 Å². The van der Waals surface area contributed by atoms with E-state index in [1.54, 1.807) is 6.07 Å². The molecule has 4 rings (SSSR count). The predicted octanol–water partition coefficient (Wildman–Crippen LogP) is 3.37. The van der Waals surface area contributed by atoms with E-state index < -0.39 is 0 Å². The van der Waals surface area contributed by atoms with Crippen molar-refractivity contribution in [1.29, 1.82) is 0 Å². The summed E-state index contributed by atoms with van der Waals surface area (Å²) in [6.07, 6.45) is 5.04. The lowest BCUT2D eigenvalue weighted by molar-refractivity contribution is -0.116. The summed E-state index contributed by atoms with van der Waals surface area (Å²) in [5.41, 5.74) is 4.17. The average molecular weight is 347 g/mol. The SMILES string of the molecule is O=C(CCCc1nc2ccccc2c(=O)[nH]1)Nc1ccc2c(c1)CCC2. The molecule has 0 aliphatic heterocycles. The Hall–Kier alpha value is -2.95. The summed E-state index contributed by atoms with van der Waals surface area (Å²) in [6, 6.07) is 13.4. The third-order valence-electron chi connectivity index (χ3n) is 4.86. The molecule has 2 N–H and O–H groups in total. The van der Waals surface area contributed by atoms with Crippen LogP contribution in [0.25, 0.3) is 10.9 Å². The molecule has 1 aromatic heterocycles. The molecule has 5 nitrogen and oxygen atoms in total. The lowest BCUT2D eigenvalue weighted by atomic mass is 10.1. The minimum atomic E-state index is -0.131. The van der Waals surface area contributed by atoms with Crippen LogP contribution in [0.15, 0.2) is 47.3 Å². The topological polar surface area (TPSA) is 74.8 Å². The van der Waals surface area contributed by atoms with Gasteiger partial charge in [-0.15, -0.1) is 0 Å². The van der Waals surface area contributed by atoms with Crippen molar-refractivity contribution in [2.45, 2.75) is 38.5 Å². The second kappa shape index (κ2) is 7.12. The number of carbonyl (C=O) groups excluding carboxylic acids is 1. The zero-order valence-corrected chi connectivity index (χ0v) is 14.5. The molecule has 1 aliphatic carbocycles. The van der Waals surface area contributed by atoms with Crippen LogP contribution in [-0.2, 0) is 24.1 Å². The quantitative estimate of drug-likeness (QED) is 0.743. The lowest BCUT2D eigenvalue weighted by Gasteiger charge is -2.07. The standard InChI is InChI=1S/C21H21N3O2/c25-20(22-16-12-11-14-5-3-6-15(14)13-16)10-4-9-19-23-18-8-2-1-7-17(18)21(26)24-19/h1-2,7-8,11-13H,3-6,9-10H2,(H,22,25)(H,23,24,26). The molecule has 1 aliphatic rings. The minimum absolute atomic E-state index is 0.00826. The molecule has 2 aromatic carbocycles. The first kappa shape index (κ1) is 16.5. The Balaban J connectivity index is 1.34. The van der Waals surface area contributed by atoms with Gasteiger partial charge in [-0.05, 0) is 61.1 Å². The van der Waals surface area contributed by atoms with Crippen molar-refractivity contribution in [1.82, 2.24) is 9.97 Å². The van der Waals surface area contributed by atoms with Gasteiger partial charge in [0.15, 0.2) is 0 Å². The number of hydrogen-bond donors (Lipinski definition) is 2. The number of nitrogens with one attached hydrogen (secondary N) is 2. The number of aryl methyl sites for hydroxylation is 3. The molecule has 0 saturated carbocycles. The van der Waals surface area contributed by atoms with Gasteiger partial charge < -0.3 is 10.3 Å². The van der Waals surface area contributed by atoms with E-state index in [0.29, 0.717) is 36.0 Å². The Morgan fingerprint density at radius 2 is 1.96 bits per heavy atom. The van der Waals surface area contributed by atoms with Gasteiger partial charge in [-0.3, -0.25) is 9.59 Å². The number of aromatic nitrogens is 2. The van der Waals surface area contributed by atoms with Gasteiger partial charge in [0.05, 0.1) is 10.9 Å². The summed E-state index contributed by atoms with van der Waals surface area (Å²) in [6.45, 7) is 0. The number of aromatic amines is 1. The summed E-state index contributed by atoms with van der Waals surface area (Å²) in [5, 5.41) is 3.56. The molecule has 1 amide bonds. The largest absolute Gasteiger partial charge is 0.326 e. The van der Waals surface area contributed by atoms with Crippen LogP contribution in [0.1, 0.15) is 36.2 Å². The number of carbonyl (C=O) groups is 1. The van der Waals surface area contributed by atoms with Crippen LogP contribution in [-0.4, -0.2) is 15.9 Å². The molecular formula is C21H21N3O2. The highest BCUT2D eigenvalue weighted by Gasteiger charge is 2.12. The van der Waals surface area contributed by atoms with E-state index in [9.17, 15) is 9.59 Å². The Kier molecular flexibility index (Phi) is 4.52. The maximum Gasteiger partial charge on any atom is 0.258 e. The van der Waals surface area contributed by atoms with Crippen molar-refractivity contribution in [3.63, 3.8) is 0 Å². The van der Waals surface area contributed by atoms with Crippen molar-refractivity contribution < 1.29 is 4.79 Å². The molecule has 26 heavy (non-hydrogen) atoms. The second-order valence-electron chi connectivity index (χ2n) is 6.77. The van der Waals surface area contributed by atoms with Gasteiger partial charge in [-0.2, -0.15) is 0 Å². The van der Waals surface area contributed by atoms with E-state index in [0.717, 1.165) is 18.5 Å². The fourth-order valence-electron chi connectivity index (χ4n) is 3.54. The Bertz CT molecular complexity index is 1020. The number of benzene rings is 2. The molecule has 0 bridgehead atoms. The van der Waals surface area contributed by atoms with E-state index in [1.807, 2.05) is 24.3 Å². The van der Waals surface area contributed by atoms with Crippen LogP contribution in [0.2, 0.25) is 0 Å². The highest BCUT2D eigenvalue weighted by atomic mass is 16.1. The van der Waals surface area contributed by atoms with Crippen LogP contribution in [0, 0.1) is 0 Å². The fourth-order valence-corrected chi connectivity index (χ4v) is 3.54. The maximum atomic E-state index is 12.2. The van der Waals surface area contributed by atoms with E-state index in [4.69, 9.17) is 0 Å². The summed E-state index contributed by atoms with van der Waals surface area (Å²) >= 11 is 0. The van der Waals surface area contributed by atoms with Crippen LogP contribution >= 0.6 is 0 Å². The predicted molar refractivity (Wildman–Crippen MR) is 102 cm³/mol. The minimum Gasteiger partial charge on any atom is -0.326 e. The summed E-state index contributed by atoms with van der Waals surface area (Å²) in [5.74, 6) is 0.616. The fraction of sp³-hybridized carbons (Fsp3) is 0.286. The van der Waals surface area contributed by atoms with Crippen molar-refractivity contribution in [3.8, 4) is 0 Å². The van der Waals surface area contributed by atoms with E-state index >= 15 is 0 Å². The molecule has 1 heterocycles. The van der Waals surface area contributed by atoms with Crippen molar-refractivity contribution in [2.24, 2.45) is 0 Å². The summed E-state index contributed by atoms with van der Waals surface area (Å²) in [7, 11) is 0. The molecule has 0 radical (unpaired) electrons. The molecule has 0 spiro atoms. The number of anilines is 1. The molecule has 0 saturated heterocycles. The Labute approximate surface area is 151 Å². The van der Waals surface area contributed by atoms with Gasteiger partial charge in [-0.25, -0.2) is 4.98 Å². The number of para-hydroxylation sites is 1. The summed E-state index contributed by atoms with van der Waals surface area (Å²) < 4.78 is 0. The highest BCUT2D eigenvalue weighted by molar-refractivity contribution is 5.90. The zero-order chi connectivity index (χ0) is 17.9. The van der Waals surface area contributed by atoms with Crippen LogP contribution in [0.4, 0.5) is 5.69 Å². The average Bonchev–Trinajstić information content (AvgIpc) is 3.09. The number of fused-ring (bicyclic) bond motifs is 2. The molecular weight excluding hydrogens is 326 g/mol. The van der Waals surface area contributed by atoms with Crippen LogP contribution in [0.3, 0.4) is 0 Å². The number of amides is 1. The van der Waals surface area contributed by atoms with E-state index in [-0.39, 0.29) is 11.5 Å². The number of H-pyrrole nitrogens is 1. The Morgan fingerprint density at radius 3 is 2.88 bits per heavy atom. The van der Waals surface area contributed by atoms with Gasteiger partial charge in [0.1, 0.15) is 5.82 Å². The normalized spacial score (nSPS) is 12.9. The molecule has 0 fully saturated rings. The molecule has 3 aromatic rings.